The number of rotatable bonds is 4. The molecule has 5 heteroatoms. The van der Waals surface area contributed by atoms with Gasteiger partial charge in [0, 0.05) is 35.9 Å². The first-order valence-electron chi connectivity index (χ1n) is 6.84. The van der Waals surface area contributed by atoms with Gasteiger partial charge in [-0.15, -0.1) is 0 Å². The lowest BCUT2D eigenvalue weighted by Gasteiger charge is -2.10. The molecule has 0 bridgehead atoms. The van der Waals surface area contributed by atoms with Gasteiger partial charge in [0.2, 0.25) is 0 Å². The molecule has 3 rings (SSSR count). The quantitative estimate of drug-likeness (QED) is 0.789. The van der Waals surface area contributed by atoms with Crippen molar-refractivity contribution in [1.82, 2.24) is 9.55 Å². The van der Waals surface area contributed by atoms with E-state index in [4.69, 9.17) is 11.6 Å². The Kier molecular flexibility index (Phi) is 4.11. The molecular weight excluding hydrogens is 303 g/mol. The summed E-state index contributed by atoms with van der Waals surface area (Å²) in [5, 5.41) is 9.92. The maximum atomic E-state index is 13.9. The van der Waals surface area contributed by atoms with Gasteiger partial charge in [-0.1, -0.05) is 29.8 Å². The molecular formula is C17H14ClFN2O. The molecule has 1 N–H and O–H groups in total. The summed E-state index contributed by atoms with van der Waals surface area (Å²) in [5.41, 5.74) is 1.38. The number of hydrogen-bond donors (Lipinski definition) is 1. The van der Waals surface area contributed by atoms with Crippen LogP contribution in [0, 0.1) is 5.82 Å². The normalized spacial score (nSPS) is 10.8. The van der Waals surface area contributed by atoms with Crippen LogP contribution in [-0.4, -0.2) is 14.7 Å². The Bertz CT molecular complexity index is 781. The number of imidazole rings is 1. The lowest BCUT2D eigenvalue weighted by molar-refractivity contribution is 0.474. The third-order valence-electron chi connectivity index (χ3n) is 3.46. The van der Waals surface area contributed by atoms with E-state index in [1.807, 2.05) is 16.8 Å². The number of halogens is 2. The summed E-state index contributed by atoms with van der Waals surface area (Å²) in [6.07, 6.45) is 3.82. The monoisotopic (exact) mass is 316 g/mol. The predicted molar refractivity (Wildman–Crippen MR) is 83.7 cm³/mol. The molecule has 1 heterocycles. The van der Waals surface area contributed by atoms with Gasteiger partial charge in [-0.25, -0.2) is 9.37 Å². The summed E-state index contributed by atoms with van der Waals surface area (Å²) in [6, 6.07) is 11.7. The van der Waals surface area contributed by atoms with E-state index in [-0.39, 0.29) is 11.6 Å². The van der Waals surface area contributed by atoms with Crippen LogP contribution in [0.15, 0.2) is 54.9 Å². The first-order valence-corrected chi connectivity index (χ1v) is 7.22. The van der Waals surface area contributed by atoms with Crippen LogP contribution < -0.4 is 0 Å². The van der Waals surface area contributed by atoms with Crippen LogP contribution in [0.3, 0.4) is 0 Å². The van der Waals surface area contributed by atoms with E-state index >= 15 is 0 Å². The Balaban J connectivity index is 1.86. The van der Waals surface area contributed by atoms with Crippen molar-refractivity contribution in [3.63, 3.8) is 0 Å². The number of aromatic nitrogens is 2. The van der Waals surface area contributed by atoms with Crippen LogP contribution in [0.1, 0.15) is 17.0 Å². The van der Waals surface area contributed by atoms with Crippen molar-refractivity contribution in [2.45, 2.75) is 13.0 Å². The highest BCUT2D eigenvalue weighted by atomic mass is 35.5. The van der Waals surface area contributed by atoms with Crippen molar-refractivity contribution >= 4 is 11.6 Å². The number of hydrogen-bond acceptors (Lipinski definition) is 2. The van der Waals surface area contributed by atoms with Crippen molar-refractivity contribution in [2.24, 2.45) is 0 Å². The smallest absolute Gasteiger partial charge is 0.128 e. The summed E-state index contributed by atoms with van der Waals surface area (Å²) in [5.74, 6) is 0.603. The van der Waals surface area contributed by atoms with Gasteiger partial charge < -0.3 is 9.67 Å². The van der Waals surface area contributed by atoms with E-state index in [1.54, 1.807) is 36.5 Å². The van der Waals surface area contributed by atoms with Crippen molar-refractivity contribution in [2.75, 3.05) is 0 Å². The molecule has 0 aliphatic carbocycles. The topological polar surface area (TPSA) is 38.0 Å². The third-order valence-corrected chi connectivity index (χ3v) is 3.82. The van der Waals surface area contributed by atoms with E-state index < -0.39 is 0 Å². The van der Waals surface area contributed by atoms with Gasteiger partial charge in [-0.3, -0.25) is 0 Å². The highest BCUT2D eigenvalue weighted by Gasteiger charge is 2.12. The molecule has 0 amide bonds. The molecule has 2 aromatic carbocycles. The average Bonchev–Trinajstić information content (AvgIpc) is 2.90. The Morgan fingerprint density at radius 3 is 2.77 bits per heavy atom. The molecule has 0 atom stereocenters. The van der Waals surface area contributed by atoms with Crippen molar-refractivity contribution < 1.29 is 9.50 Å². The van der Waals surface area contributed by atoms with Gasteiger partial charge in [0.25, 0.3) is 0 Å². The first kappa shape index (κ1) is 14.6. The van der Waals surface area contributed by atoms with E-state index in [0.717, 1.165) is 11.4 Å². The maximum absolute atomic E-state index is 13.9. The van der Waals surface area contributed by atoms with Crippen LogP contribution in [0.5, 0.6) is 5.75 Å². The highest BCUT2D eigenvalue weighted by molar-refractivity contribution is 6.31. The minimum atomic E-state index is -0.334. The fourth-order valence-corrected chi connectivity index (χ4v) is 2.59. The van der Waals surface area contributed by atoms with Crippen molar-refractivity contribution in [3.8, 4) is 5.75 Å². The highest BCUT2D eigenvalue weighted by Crippen LogP contribution is 2.22. The Labute approximate surface area is 132 Å². The van der Waals surface area contributed by atoms with E-state index in [1.165, 1.54) is 6.07 Å². The molecule has 3 aromatic rings. The number of benzene rings is 2. The molecule has 3 nitrogen and oxygen atoms in total. The summed E-state index contributed by atoms with van der Waals surface area (Å²) in [7, 11) is 0. The van der Waals surface area contributed by atoms with E-state index in [9.17, 15) is 9.50 Å². The van der Waals surface area contributed by atoms with Crippen LogP contribution >= 0.6 is 11.6 Å². The third kappa shape index (κ3) is 3.12. The molecule has 0 fully saturated rings. The molecule has 22 heavy (non-hydrogen) atoms. The summed E-state index contributed by atoms with van der Waals surface area (Å²) in [4.78, 5) is 4.29. The Morgan fingerprint density at radius 2 is 2.00 bits per heavy atom. The van der Waals surface area contributed by atoms with Crippen LogP contribution in [0.25, 0.3) is 0 Å². The van der Waals surface area contributed by atoms with Gasteiger partial charge in [-0.05, 0) is 29.8 Å². The zero-order valence-corrected chi connectivity index (χ0v) is 12.5. The fraction of sp³-hybridized carbons (Fsp3) is 0.118. The molecule has 0 aliphatic rings. The average molecular weight is 317 g/mol. The maximum Gasteiger partial charge on any atom is 0.128 e. The van der Waals surface area contributed by atoms with Gasteiger partial charge in [0.15, 0.2) is 0 Å². The van der Waals surface area contributed by atoms with Gasteiger partial charge in [0.05, 0.1) is 0 Å². The number of aromatic hydroxyl groups is 1. The summed E-state index contributed by atoms with van der Waals surface area (Å²) in [6.45, 7) is 0.551. The van der Waals surface area contributed by atoms with Crippen LogP contribution in [0.2, 0.25) is 5.02 Å². The van der Waals surface area contributed by atoms with Gasteiger partial charge >= 0.3 is 0 Å². The zero-order valence-electron chi connectivity index (χ0n) is 11.7. The van der Waals surface area contributed by atoms with Crippen LogP contribution in [0.4, 0.5) is 4.39 Å². The fourth-order valence-electron chi connectivity index (χ4n) is 2.36. The van der Waals surface area contributed by atoms with E-state index in [0.29, 0.717) is 23.6 Å². The standard InChI is InChI=1S/C17H14ClFN2O/c18-15-5-2-6-16(19)14(15)10-17-20-7-8-21(17)11-12-3-1-4-13(22)9-12/h1-9,22H,10-11H2. The van der Waals surface area contributed by atoms with E-state index in [2.05, 4.69) is 4.98 Å². The van der Waals surface area contributed by atoms with Gasteiger partial charge in [0.1, 0.15) is 17.4 Å². The molecule has 1 aromatic heterocycles. The lowest BCUT2D eigenvalue weighted by Crippen LogP contribution is -2.06. The molecule has 0 unspecified atom stereocenters. The molecule has 0 aliphatic heterocycles. The summed E-state index contributed by atoms with van der Waals surface area (Å²) >= 11 is 6.07. The lowest BCUT2D eigenvalue weighted by atomic mass is 10.1. The minimum Gasteiger partial charge on any atom is -0.508 e. The SMILES string of the molecule is Oc1cccc(Cn2ccnc2Cc2c(F)cccc2Cl)c1. The molecule has 0 radical (unpaired) electrons. The van der Waals surface area contributed by atoms with Crippen molar-refractivity contribution in [1.29, 1.82) is 0 Å². The molecule has 0 saturated carbocycles. The number of nitrogens with zero attached hydrogens (tertiary/aromatic N) is 2. The second-order valence-corrected chi connectivity index (χ2v) is 5.43. The number of phenols is 1. The Hall–Kier alpha value is -2.33. The molecule has 112 valence electrons. The second-order valence-electron chi connectivity index (χ2n) is 5.02. The largest absolute Gasteiger partial charge is 0.508 e. The Morgan fingerprint density at radius 1 is 1.18 bits per heavy atom. The first-order chi connectivity index (χ1) is 10.6. The molecule has 0 saturated heterocycles. The summed E-state index contributed by atoms with van der Waals surface area (Å²) < 4.78 is 15.8. The molecule has 0 spiro atoms. The van der Waals surface area contributed by atoms with Gasteiger partial charge in [-0.2, -0.15) is 0 Å². The zero-order chi connectivity index (χ0) is 15.5. The second kappa shape index (κ2) is 6.20. The number of phenolic OH excluding ortho intramolecular Hbond substituents is 1. The minimum absolute atomic E-state index is 0.219. The van der Waals surface area contributed by atoms with Crippen LogP contribution in [-0.2, 0) is 13.0 Å². The predicted octanol–water partition coefficient (Wildman–Crippen LogP) is 4.02. The van der Waals surface area contributed by atoms with Crippen molar-refractivity contribution in [3.05, 3.63) is 82.6 Å².